The molecule has 0 amide bonds. The van der Waals surface area contributed by atoms with Crippen LogP contribution < -0.4 is 0 Å². The van der Waals surface area contributed by atoms with E-state index in [4.69, 9.17) is 0 Å². The van der Waals surface area contributed by atoms with Gasteiger partial charge in [0.1, 0.15) is 0 Å². The molecule has 1 atom stereocenters. The maximum absolute atomic E-state index is 2.44. The van der Waals surface area contributed by atoms with Crippen molar-refractivity contribution in [2.45, 2.75) is 117 Å². The molecular formula is C22H48N+. The summed E-state index contributed by atoms with van der Waals surface area (Å²) in [5.41, 5.74) is 0. The van der Waals surface area contributed by atoms with Crippen molar-refractivity contribution in [2.75, 3.05) is 26.7 Å². The van der Waals surface area contributed by atoms with Gasteiger partial charge in [0, 0.05) is 0 Å². The predicted molar refractivity (Wildman–Crippen MR) is 107 cm³/mol. The van der Waals surface area contributed by atoms with Crippen LogP contribution in [0.5, 0.6) is 0 Å². The van der Waals surface area contributed by atoms with E-state index in [1.54, 1.807) is 0 Å². The summed E-state index contributed by atoms with van der Waals surface area (Å²) in [5.74, 6) is 0. The molecule has 0 N–H and O–H groups in total. The van der Waals surface area contributed by atoms with Gasteiger partial charge in [-0.2, -0.15) is 0 Å². The summed E-state index contributed by atoms with van der Waals surface area (Å²) in [6, 6.07) is 0. The van der Waals surface area contributed by atoms with Gasteiger partial charge in [-0.05, 0) is 26.2 Å². The summed E-state index contributed by atoms with van der Waals surface area (Å²) >= 11 is 0. The second-order valence-corrected chi connectivity index (χ2v) is 7.98. The molecule has 0 aromatic carbocycles. The Kier molecular flexibility index (Phi) is 16.8. The van der Waals surface area contributed by atoms with Gasteiger partial charge in [-0.25, -0.2) is 0 Å². The van der Waals surface area contributed by atoms with Gasteiger partial charge in [0.15, 0.2) is 0 Å². The van der Waals surface area contributed by atoms with Crippen molar-refractivity contribution >= 4 is 0 Å². The van der Waals surface area contributed by atoms with E-state index in [2.05, 4.69) is 27.8 Å². The lowest BCUT2D eigenvalue weighted by Gasteiger charge is -2.33. The van der Waals surface area contributed by atoms with Gasteiger partial charge in [-0.15, -0.1) is 0 Å². The molecule has 0 rings (SSSR count). The van der Waals surface area contributed by atoms with Crippen LogP contribution >= 0.6 is 0 Å². The van der Waals surface area contributed by atoms with E-state index in [1.165, 1.54) is 120 Å². The fourth-order valence-electron chi connectivity index (χ4n) is 3.66. The van der Waals surface area contributed by atoms with Crippen molar-refractivity contribution in [2.24, 2.45) is 0 Å². The van der Waals surface area contributed by atoms with Crippen molar-refractivity contribution in [3.8, 4) is 0 Å². The van der Waals surface area contributed by atoms with Crippen LogP contribution in [0.2, 0.25) is 0 Å². The fourth-order valence-corrected chi connectivity index (χ4v) is 3.66. The fraction of sp³-hybridized carbons (Fsp3) is 1.00. The van der Waals surface area contributed by atoms with E-state index in [1.807, 2.05) is 0 Å². The highest BCUT2D eigenvalue weighted by Crippen LogP contribution is 2.14. The van der Waals surface area contributed by atoms with E-state index in [0.717, 1.165) is 0 Å². The van der Waals surface area contributed by atoms with E-state index >= 15 is 0 Å². The highest BCUT2D eigenvalue weighted by atomic mass is 15.3. The van der Waals surface area contributed by atoms with Gasteiger partial charge in [-0.3, -0.25) is 0 Å². The van der Waals surface area contributed by atoms with Gasteiger partial charge < -0.3 is 4.48 Å². The van der Waals surface area contributed by atoms with Crippen molar-refractivity contribution in [1.82, 2.24) is 0 Å². The molecule has 0 saturated heterocycles. The number of nitrogens with zero attached hydrogens (tertiary/aromatic N) is 1. The van der Waals surface area contributed by atoms with E-state index in [9.17, 15) is 0 Å². The molecule has 1 nitrogen and oxygen atoms in total. The number of quaternary nitrogens is 1. The normalized spacial score (nSPS) is 14.1. The molecule has 0 radical (unpaired) electrons. The second-order valence-electron chi connectivity index (χ2n) is 7.98. The second kappa shape index (κ2) is 16.8. The molecule has 0 spiro atoms. The number of hydrogen-bond acceptors (Lipinski definition) is 0. The molecule has 0 aliphatic rings. The molecule has 1 heteroatoms. The maximum atomic E-state index is 2.44. The van der Waals surface area contributed by atoms with Crippen LogP contribution in [0.25, 0.3) is 0 Å². The van der Waals surface area contributed by atoms with Gasteiger partial charge in [-0.1, -0.05) is 90.9 Å². The zero-order valence-corrected chi connectivity index (χ0v) is 17.2. The van der Waals surface area contributed by atoms with Gasteiger partial charge >= 0.3 is 0 Å². The third-order valence-corrected chi connectivity index (χ3v) is 5.58. The minimum Gasteiger partial charge on any atom is -0.326 e. The summed E-state index contributed by atoms with van der Waals surface area (Å²) in [6.07, 6.45) is 21.8. The Morgan fingerprint density at radius 3 is 1.17 bits per heavy atom. The van der Waals surface area contributed by atoms with E-state index in [0.29, 0.717) is 0 Å². The maximum Gasteiger partial charge on any atom is 0.0784 e. The van der Waals surface area contributed by atoms with Crippen LogP contribution in [0.15, 0.2) is 0 Å². The molecule has 0 bridgehead atoms. The molecule has 0 aromatic heterocycles. The number of rotatable bonds is 18. The summed E-state index contributed by atoms with van der Waals surface area (Å²) in [4.78, 5) is 0. The van der Waals surface area contributed by atoms with Crippen molar-refractivity contribution in [3.63, 3.8) is 0 Å². The minimum atomic E-state index is 1.29. The van der Waals surface area contributed by atoms with Gasteiger partial charge in [0.25, 0.3) is 0 Å². The third-order valence-electron chi connectivity index (χ3n) is 5.58. The highest BCUT2D eigenvalue weighted by molar-refractivity contribution is 4.49. The Morgan fingerprint density at radius 1 is 0.435 bits per heavy atom. The van der Waals surface area contributed by atoms with Crippen LogP contribution in [0, 0.1) is 0 Å². The quantitative estimate of drug-likeness (QED) is 0.182. The first-order valence-corrected chi connectivity index (χ1v) is 11.0. The summed E-state index contributed by atoms with van der Waals surface area (Å²) < 4.78 is 1.29. The van der Waals surface area contributed by atoms with Crippen molar-refractivity contribution < 1.29 is 4.48 Å². The molecule has 0 heterocycles. The average molecular weight is 327 g/mol. The third kappa shape index (κ3) is 15.2. The minimum absolute atomic E-state index is 1.29. The Morgan fingerprint density at radius 2 is 0.826 bits per heavy atom. The highest BCUT2D eigenvalue weighted by Gasteiger charge is 2.16. The van der Waals surface area contributed by atoms with Crippen LogP contribution in [0.1, 0.15) is 117 Å². The number of hydrogen-bond donors (Lipinski definition) is 0. The molecule has 0 saturated carbocycles. The molecule has 1 unspecified atom stereocenters. The van der Waals surface area contributed by atoms with Crippen LogP contribution in [0.3, 0.4) is 0 Å². The summed E-state index contributed by atoms with van der Waals surface area (Å²) in [7, 11) is 2.44. The monoisotopic (exact) mass is 326 g/mol. The standard InChI is InChI=1S/C22H48N/c1-5-8-9-10-11-12-13-14-15-16-17-18-19-20-22-23(4,7-3)21-6-2/h5-22H2,1-4H3/q+1. The molecule has 140 valence electrons. The lowest BCUT2D eigenvalue weighted by Crippen LogP contribution is -2.45. The molecular weight excluding hydrogens is 278 g/mol. The Bertz CT molecular complexity index is 226. The average Bonchev–Trinajstić information content (AvgIpc) is 2.55. The Labute approximate surface area is 148 Å². The topological polar surface area (TPSA) is 0 Å². The molecule has 0 aliphatic heterocycles. The van der Waals surface area contributed by atoms with Crippen LogP contribution in [-0.4, -0.2) is 31.2 Å². The van der Waals surface area contributed by atoms with Gasteiger partial charge in [0.05, 0.1) is 26.7 Å². The Hall–Kier alpha value is -0.0400. The summed E-state index contributed by atoms with van der Waals surface area (Å²) in [6.45, 7) is 11.0. The van der Waals surface area contributed by atoms with Crippen LogP contribution in [-0.2, 0) is 0 Å². The predicted octanol–water partition coefficient (Wildman–Crippen LogP) is 7.34. The van der Waals surface area contributed by atoms with Crippen LogP contribution in [0.4, 0.5) is 0 Å². The number of unbranched alkanes of at least 4 members (excludes halogenated alkanes) is 13. The largest absolute Gasteiger partial charge is 0.326 e. The zero-order valence-electron chi connectivity index (χ0n) is 17.2. The molecule has 0 aliphatic carbocycles. The van der Waals surface area contributed by atoms with E-state index < -0.39 is 0 Å². The van der Waals surface area contributed by atoms with Crippen molar-refractivity contribution in [3.05, 3.63) is 0 Å². The molecule has 0 fully saturated rings. The first kappa shape index (κ1) is 23.0. The Balaban J connectivity index is 3.21. The smallest absolute Gasteiger partial charge is 0.0784 e. The molecule has 23 heavy (non-hydrogen) atoms. The lowest BCUT2D eigenvalue weighted by molar-refractivity contribution is -0.908. The van der Waals surface area contributed by atoms with Crippen molar-refractivity contribution in [1.29, 1.82) is 0 Å². The first-order chi connectivity index (χ1) is 11.2. The van der Waals surface area contributed by atoms with E-state index in [-0.39, 0.29) is 0 Å². The van der Waals surface area contributed by atoms with Gasteiger partial charge in [0.2, 0.25) is 0 Å². The zero-order chi connectivity index (χ0) is 17.2. The lowest BCUT2D eigenvalue weighted by atomic mass is 10.0. The summed E-state index contributed by atoms with van der Waals surface area (Å²) in [5, 5.41) is 0. The molecule has 0 aromatic rings. The first-order valence-electron chi connectivity index (χ1n) is 11.0. The SMILES string of the molecule is CCCCCCCCCCCCCCCC[N+](C)(CC)CCC.